The zero-order chi connectivity index (χ0) is 19.8. The number of carbonyl (C=O) groups excluding carboxylic acids is 3. The van der Waals surface area contributed by atoms with Gasteiger partial charge in [-0.05, 0) is 38.1 Å². The number of nitrogens with zero attached hydrogens (tertiary/aromatic N) is 1. The summed E-state index contributed by atoms with van der Waals surface area (Å²) in [4.78, 5) is 38.0. The smallest absolute Gasteiger partial charge is 0.340 e. The Morgan fingerprint density at radius 2 is 1.70 bits per heavy atom. The number of esters is 1. The van der Waals surface area contributed by atoms with Gasteiger partial charge in [-0.2, -0.15) is 0 Å². The maximum Gasteiger partial charge on any atom is 0.340 e. The van der Waals surface area contributed by atoms with Gasteiger partial charge in [-0.15, -0.1) is 0 Å². The second-order valence-corrected chi connectivity index (χ2v) is 6.03. The van der Waals surface area contributed by atoms with E-state index in [1.807, 2.05) is 19.1 Å². The summed E-state index contributed by atoms with van der Waals surface area (Å²) in [5.41, 5.74) is 2.42. The molecule has 0 saturated carbocycles. The second-order valence-electron chi connectivity index (χ2n) is 6.03. The molecule has 6 heteroatoms. The van der Waals surface area contributed by atoms with Crippen molar-refractivity contribution in [2.24, 2.45) is 0 Å². The van der Waals surface area contributed by atoms with Gasteiger partial charge in [0, 0.05) is 25.6 Å². The SMILES string of the molecule is CCOC(=O)c1ccccc1N(CCNC(=O)c1ccc(C)cc1)C(C)=O. The summed E-state index contributed by atoms with van der Waals surface area (Å²) in [7, 11) is 0. The van der Waals surface area contributed by atoms with Crippen molar-refractivity contribution in [1.82, 2.24) is 5.32 Å². The lowest BCUT2D eigenvalue weighted by Crippen LogP contribution is -2.38. The quantitative estimate of drug-likeness (QED) is 0.763. The standard InChI is InChI=1S/C21H24N2O4/c1-4-27-21(26)18-7-5-6-8-19(18)23(16(3)24)14-13-22-20(25)17-11-9-15(2)10-12-17/h5-12H,4,13-14H2,1-3H3,(H,22,25). The van der Waals surface area contributed by atoms with Gasteiger partial charge in [-0.25, -0.2) is 4.79 Å². The number of carbonyl (C=O) groups is 3. The number of hydrogen-bond donors (Lipinski definition) is 1. The number of benzene rings is 2. The molecule has 2 rings (SSSR count). The summed E-state index contributed by atoms with van der Waals surface area (Å²) in [6.07, 6.45) is 0. The molecule has 0 heterocycles. The van der Waals surface area contributed by atoms with Gasteiger partial charge in [-0.3, -0.25) is 9.59 Å². The largest absolute Gasteiger partial charge is 0.462 e. The topological polar surface area (TPSA) is 75.7 Å². The molecule has 0 aromatic heterocycles. The van der Waals surface area contributed by atoms with E-state index in [4.69, 9.17) is 4.74 Å². The van der Waals surface area contributed by atoms with Crippen molar-refractivity contribution in [3.05, 3.63) is 65.2 Å². The maximum absolute atomic E-state index is 12.2. The van der Waals surface area contributed by atoms with Crippen molar-refractivity contribution in [3.63, 3.8) is 0 Å². The maximum atomic E-state index is 12.2. The summed E-state index contributed by atoms with van der Waals surface area (Å²) in [5.74, 6) is -0.920. The zero-order valence-corrected chi connectivity index (χ0v) is 15.8. The van der Waals surface area contributed by atoms with Gasteiger partial charge in [0.05, 0.1) is 17.9 Å². The van der Waals surface area contributed by atoms with E-state index in [0.29, 0.717) is 16.8 Å². The Labute approximate surface area is 159 Å². The van der Waals surface area contributed by atoms with E-state index >= 15 is 0 Å². The minimum absolute atomic E-state index is 0.211. The molecule has 0 aliphatic carbocycles. The third-order valence-electron chi connectivity index (χ3n) is 4.01. The number of nitrogens with one attached hydrogen (secondary N) is 1. The van der Waals surface area contributed by atoms with Crippen LogP contribution in [0.2, 0.25) is 0 Å². The number of ether oxygens (including phenoxy) is 1. The Bertz CT molecular complexity index is 815. The van der Waals surface area contributed by atoms with Crippen LogP contribution in [0.3, 0.4) is 0 Å². The first kappa shape index (κ1) is 20.2. The van der Waals surface area contributed by atoms with Crippen LogP contribution in [-0.4, -0.2) is 37.5 Å². The highest BCUT2D eigenvalue weighted by molar-refractivity contribution is 6.02. The molecule has 0 bridgehead atoms. The fourth-order valence-electron chi connectivity index (χ4n) is 2.63. The Balaban J connectivity index is 2.08. The van der Waals surface area contributed by atoms with E-state index in [2.05, 4.69) is 5.32 Å². The predicted octanol–water partition coefficient (Wildman–Crippen LogP) is 2.95. The van der Waals surface area contributed by atoms with Crippen molar-refractivity contribution in [2.45, 2.75) is 20.8 Å². The number of anilines is 1. The predicted molar refractivity (Wildman–Crippen MR) is 104 cm³/mol. The number of hydrogen-bond acceptors (Lipinski definition) is 4. The molecule has 1 N–H and O–H groups in total. The van der Waals surface area contributed by atoms with Crippen molar-refractivity contribution in [2.75, 3.05) is 24.6 Å². The molecule has 2 aromatic carbocycles. The first-order chi connectivity index (χ1) is 12.9. The van der Waals surface area contributed by atoms with Crippen LogP contribution in [0.4, 0.5) is 5.69 Å². The van der Waals surface area contributed by atoms with Gasteiger partial charge < -0.3 is 15.0 Å². The molecule has 0 atom stereocenters. The van der Waals surface area contributed by atoms with Gasteiger partial charge in [-0.1, -0.05) is 29.8 Å². The first-order valence-electron chi connectivity index (χ1n) is 8.83. The summed E-state index contributed by atoms with van der Waals surface area (Å²) in [6.45, 7) is 5.84. The lowest BCUT2D eigenvalue weighted by atomic mass is 10.1. The van der Waals surface area contributed by atoms with E-state index in [-0.39, 0.29) is 31.5 Å². The molecule has 0 saturated heterocycles. The lowest BCUT2D eigenvalue weighted by Gasteiger charge is -2.23. The fourth-order valence-corrected chi connectivity index (χ4v) is 2.63. The highest BCUT2D eigenvalue weighted by atomic mass is 16.5. The van der Waals surface area contributed by atoms with Crippen LogP contribution in [0, 0.1) is 6.92 Å². The molecule has 0 aliphatic rings. The minimum atomic E-state index is -0.483. The number of aryl methyl sites for hydroxylation is 1. The molecule has 27 heavy (non-hydrogen) atoms. The molecular formula is C21H24N2O4. The monoisotopic (exact) mass is 368 g/mol. The molecule has 0 unspecified atom stereocenters. The third kappa shape index (κ3) is 5.41. The molecule has 0 radical (unpaired) electrons. The lowest BCUT2D eigenvalue weighted by molar-refractivity contribution is -0.116. The van der Waals surface area contributed by atoms with Crippen LogP contribution in [-0.2, 0) is 9.53 Å². The van der Waals surface area contributed by atoms with Crippen LogP contribution >= 0.6 is 0 Å². The number of rotatable bonds is 7. The molecule has 0 spiro atoms. The Morgan fingerprint density at radius 1 is 1.04 bits per heavy atom. The molecule has 0 aliphatic heterocycles. The van der Waals surface area contributed by atoms with Crippen molar-refractivity contribution in [3.8, 4) is 0 Å². The third-order valence-corrected chi connectivity index (χ3v) is 4.01. The fraction of sp³-hybridized carbons (Fsp3) is 0.286. The first-order valence-corrected chi connectivity index (χ1v) is 8.83. The minimum Gasteiger partial charge on any atom is -0.462 e. The molecule has 0 fully saturated rings. The second kappa shape index (κ2) is 9.52. The van der Waals surface area contributed by atoms with Crippen LogP contribution in [0.15, 0.2) is 48.5 Å². The average Bonchev–Trinajstić information content (AvgIpc) is 2.65. The summed E-state index contributed by atoms with van der Waals surface area (Å²) in [6, 6.07) is 14.0. The van der Waals surface area contributed by atoms with Crippen LogP contribution in [0.5, 0.6) is 0 Å². The summed E-state index contributed by atoms with van der Waals surface area (Å²) in [5, 5.41) is 2.80. The molecule has 142 valence electrons. The van der Waals surface area contributed by atoms with Crippen molar-refractivity contribution in [1.29, 1.82) is 0 Å². The van der Waals surface area contributed by atoms with Gasteiger partial charge >= 0.3 is 5.97 Å². The van der Waals surface area contributed by atoms with Crippen LogP contribution < -0.4 is 10.2 Å². The van der Waals surface area contributed by atoms with Gasteiger partial charge in [0.2, 0.25) is 5.91 Å². The summed E-state index contributed by atoms with van der Waals surface area (Å²) >= 11 is 0. The molecule has 2 amide bonds. The number of para-hydroxylation sites is 1. The Hall–Kier alpha value is -3.15. The average molecular weight is 368 g/mol. The van der Waals surface area contributed by atoms with E-state index in [1.54, 1.807) is 43.3 Å². The highest BCUT2D eigenvalue weighted by Gasteiger charge is 2.20. The normalized spacial score (nSPS) is 10.2. The molecule has 6 nitrogen and oxygen atoms in total. The zero-order valence-electron chi connectivity index (χ0n) is 15.8. The molecular weight excluding hydrogens is 344 g/mol. The van der Waals surface area contributed by atoms with Gasteiger partial charge in [0.1, 0.15) is 0 Å². The van der Waals surface area contributed by atoms with Gasteiger partial charge in [0.25, 0.3) is 5.91 Å². The Morgan fingerprint density at radius 3 is 2.33 bits per heavy atom. The van der Waals surface area contributed by atoms with E-state index < -0.39 is 5.97 Å². The van der Waals surface area contributed by atoms with Gasteiger partial charge in [0.15, 0.2) is 0 Å². The van der Waals surface area contributed by atoms with Crippen molar-refractivity contribution >= 4 is 23.5 Å². The van der Waals surface area contributed by atoms with Crippen LogP contribution in [0.25, 0.3) is 0 Å². The van der Waals surface area contributed by atoms with E-state index in [9.17, 15) is 14.4 Å². The Kier molecular flexibility index (Phi) is 7.11. The van der Waals surface area contributed by atoms with Crippen molar-refractivity contribution < 1.29 is 19.1 Å². The molecule has 2 aromatic rings. The number of amides is 2. The highest BCUT2D eigenvalue weighted by Crippen LogP contribution is 2.21. The van der Waals surface area contributed by atoms with E-state index in [0.717, 1.165) is 5.56 Å². The van der Waals surface area contributed by atoms with Crippen LogP contribution in [0.1, 0.15) is 40.1 Å². The summed E-state index contributed by atoms with van der Waals surface area (Å²) < 4.78 is 5.06. The van der Waals surface area contributed by atoms with E-state index in [1.165, 1.54) is 11.8 Å².